The topological polar surface area (TPSA) is 79.7 Å². The number of hydrogen-bond donors (Lipinski definition) is 1. The maximum Gasteiger partial charge on any atom is 0.295 e. The number of ether oxygens (including phenoxy) is 1. The number of ketones is 1. The van der Waals surface area contributed by atoms with Gasteiger partial charge in [0.15, 0.2) is 0 Å². The number of likely N-dealkylation sites (tertiary alicyclic amines) is 1. The van der Waals surface area contributed by atoms with E-state index in [1.807, 2.05) is 55.5 Å². The summed E-state index contributed by atoms with van der Waals surface area (Å²) in [5, 5.41) is 11.4. The van der Waals surface area contributed by atoms with Crippen LogP contribution in [0.5, 0.6) is 5.75 Å². The van der Waals surface area contributed by atoms with Gasteiger partial charge in [0.05, 0.1) is 11.6 Å². The van der Waals surface area contributed by atoms with Gasteiger partial charge in [0.2, 0.25) is 0 Å². The number of pyridine rings is 1. The molecule has 1 aromatic heterocycles. The van der Waals surface area contributed by atoms with E-state index in [1.165, 1.54) is 4.90 Å². The third-order valence-corrected chi connectivity index (χ3v) is 6.52. The van der Waals surface area contributed by atoms with E-state index in [0.717, 1.165) is 40.8 Å². The van der Waals surface area contributed by atoms with Gasteiger partial charge in [-0.05, 0) is 65.9 Å². The second-order valence-electron chi connectivity index (χ2n) is 8.83. The molecule has 3 aromatic rings. The molecule has 3 heterocycles. The van der Waals surface area contributed by atoms with Crippen molar-refractivity contribution in [3.8, 4) is 5.75 Å². The van der Waals surface area contributed by atoms with E-state index >= 15 is 0 Å². The molecule has 1 fully saturated rings. The second kappa shape index (κ2) is 8.78. The zero-order chi connectivity index (χ0) is 23.8. The molecule has 172 valence electrons. The maximum atomic E-state index is 13.3. The van der Waals surface area contributed by atoms with Gasteiger partial charge in [-0.2, -0.15) is 0 Å². The van der Waals surface area contributed by atoms with Crippen LogP contribution in [0.1, 0.15) is 47.7 Å². The first-order valence-electron chi connectivity index (χ1n) is 11.5. The van der Waals surface area contributed by atoms with E-state index in [0.29, 0.717) is 5.56 Å². The molecule has 2 aliphatic heterocycles. The number of hydrogen-bond acceptors (Lipinski definition) is 5. The third kappa shape index (κ3) is 3.85. The van der Waals surface area contributed by atoms with E-state index in [2.05, 4.69) is 11.9 Å². The normalized spacial score (nSPS) is 20.9. The minimum absolute atomic E-state index is 0.0652. The van der Waals surface area contributed by atoms with Gasteiger partial charge in [0.1, 0.15) is 17.6 Å². The van der Waals surface area contributed by atoms with Gasteiger partial charge in [-0.15, -0.1) is 0 Å². The van der Waals surface area contributed by atoms with Crippen LogP contribution in [0.15, 0.2) is 72.6 Å². The fourth-order valence-electron chi connectivity index (χ4n) is 4.74. The van der Waals surface area contributed by atoms with Crippen molar-refractivity contribution in [3.63, 3.8) is 0 Å². The maximum absolute atomic E-state index is 13.3. The number of rotatable bonds is 5. The van der Waals surface area contributed by atoms with Crippen LogP contribution in [0.3, 0.4) is 0 Å². The molecule has 2 unspecified atom stereocenters. The summed E-state index contributed by atoms with van der Waals surface area (Å²) in [6, 6.07) is 16.2. The number of aliphatic hydroxyl groups excluding tert-OH is 1. The molecule has 0 spiro atoms. The Hall–Kier alpha value is -3.93. The summed E-state index contributed by atoms with van der Waals surface area (Å²) in [6.07, 6.45) is 4.99. The molecule has 6 nitrogen and oxygen atoms in total. The third-order valence-electron chi connectivity index (χ3n) is 6.52. The molecule has 2 aromatic carbocycles. The van der Waals surface area contributed by atoms with Crippen LogP contribution >= 0.6 is 0 Å². The summed E-state index contributed by atoms with van der Waals surface area (Å²) in [6.45, 7) is 4.30. The zero-order valence-electron chi connectivity index (χ0n) is 19.2. The van der Waals surface area contributed by atoms with E-state index in [-0.39, 0.29) is 24.0 Å². The smallest absolute Gasteiger partial charge is 0.295 e. The first-order valence-corrected chi connectivity index (χ1v) is 11.5. The lowest BCUT2D eigenvalue weighted by Crippen LogP contribution is -2.29. The molecule has 1 amide bonds. The summed E-state index contributed by atoms with van der Waals surface area (Å²) in [5.74, 6) is -0.682. The quantitative estimate of drug-likeness (QED) is 0.347. The predicted molar refractivity (Wildman–Crippen MR) is 128 cm³/mol. The highest BCUT2D eigenvalue weighted by Crippen LogP contribution is 2.41. The van der Waals surface area contributed by atoms with Crippen molar-refractivity contribution in [2.75, 3.05) is 0 Å². The van der Waals surface area contributed by atoms with Crippen LogP contribution < -0.4 is 4.74 Å². The van der Waals surface area contributed by atoms with E-state index < -0.39 is 17.7 Å². The molecular formula is C28H26N2O4. The number of benzene rings is 2. The summed E-state index contributed by atoms with van der Waals surface area (Å²) in [4.78, 5) is 32.0. The van der Waals surface area contributed by atoms with Crippen LogP contribution in [-0.2, 0) is 29.0 Å². The molecule has 1 saturated heterocycles. The van der Waals surface area contributed by atoms with Crippen LogP contribution in [0.2, 0.25) is 0 Å². The molecule has 2 aliphatic rings. The summed E-state index contributed by atoms with van der Waals surface area (Å²) < 4.78 is 5.77. The van der Waals surface area contributed by atoms with E-state index in [1.54, 1.807) is 18.5 Å². The average molecular weight is 455 g/mol. The van der Waals surface area contributed by atoms with E-state index in [4.69, 9.17) is 4.74 Å². The molecule has 0 radical (unpaired) electrons. The van der Waals surface area contributed by atoms with Crippen LogP contribution in [0.4, 0.5) is 0 Å². The van der Waals surface area contributed by atoms with Gasteiger partial charge in [0.25, 0.3) is 11.7 Å². The van der Waals surface area contributed by atoms with Crippen molar-refractivity contribution in [1.29, 1.82) is 0 Å². The van der Waals surface area contributed by atoms with Gasteiger partial charge >= 0.3 is 0 Å². The fraction of sp³-hybridized carbons (Fsp3) is 0.250. The number of aromatic nitrogens is 1. The number of Topliss-reactive ketones (excluding diaryl/α,β-unsaturated/α-hetero) is 1. The SMILES string of the molecule is CCc1ccc(C2/C(=C(\O)c3ccc4c(c3)CC(C)O4)C(=O)C(=O)N2Cc2ccncc2)cc1. The zero-order valence-corrected chi connectivity index (χ0v) is 19.2. The van der Waals surface area contributed by atoms with Crippen molar-refractivity contribution < 1.29 is 19.4 Å². The molecule has 6 heteroatoms. The first kappa shape index (κ1) is 21.9. The van der Waals surface area contributed by atoms with Crippen molar-refractivity contribution in [2.45, 2.75) is 45.4 Å². The van der Waals surface area contributed by atoms with Crippen molar-refractivity contribution in [1.82, 2.24) is 9.88 Å². The summed E-state index contributed by atoms with van der Waals surface area (Å²) in [5.41, 5.74) is 4.39. The molecule has 1 N–H and O–H groups in total. The van der Waals surface area contributed by atoms with Gasteiger partial charge in [-0.3, -0.25) is 14.6 Å². The highest BCUT2D eigenvalue weighted by atomic mass is 16.5. The lowest BCUT2D eigenvalue weighted by Gasteiger charge is -2.25. The Balaban J connectivity index is 1.62. The minimum Gasteiger partial charge on any atom is -0.507 e. The molecule has 5 rings (SSSR count). The Labute approximate surface area is 198 Å². The Morgan fingerprint density at radius 1 is 1.06 bits per heavy atom. The Morgan fingerprint density at radius 2 is 1.79 bits per heavy atom. The number of carbonyl (C=O) groups excluding carboxylic acids is 2. The second-order valence-corrected chi connectivity index (χ2v) is 8.83. The highest BCUT2D eigenvalue weighted by Gasteiger charge is 2.46. The van der Waals surface area contributed by atoms with Crippen molar-refractivity contribution in [2.24, 2.45) is 0 Å². The van der Waals surface area contributed by atoms with Crippen molar-refractivity contribution >= 4 is 17.4 Å². The Morgan fingerprint density at radius 3 is 2.50 bits per heavy atom. The van der Waals surface area contributed by atoms with E-state index in [9.17, 15) is 14.7 Å². The van der Waals surface area contributed by atoms with Gasteiger partial charge in [0, 0.05) is 30.9 Å². The van der Waals surface area contributed by atoms with Gasteiger partial charge in [-0.25, -0.2) is 0 Å². The van der Waals surface area contributed by atoms with Crippen molar-refractivity contribution in [3.05, 3.63) is 100 Å². The largest absolute Gasteiger partial charge is 0.507 e. The van der Waals surface area contributed by atoms with Crippen LogP contribution in [0, 0.1) is 0 Å². The number of aliphatic hydroxyl groups is 1. The monoisotopic (exact) mass is 454 g/mol. The first-order chi connectivity index (χ1) is 16.5. The Kier molecular flexibility index (Phi) is 5.65. The average Bonchev–Trinajstić information content (AvgIpc) is 3.35. The van der Waals surface area contributed by atoms with Gasteiger partial charge < -0.3 is 14.7 Å². The number of fused-ring (bicyclic) bond motifs is 1. The molecule has 2 atom stereocenters. The summed E-state index contributed by atoms with van der Waals surface area (Å²) >= 11 is 0. The number of amides is 1. The number of carbonyl (C=O) groups is 2. The minimum atomic E-state index is -0.692. The van der Waals surface area contributed by atoms with Crippen LogP contribution in [-0.4, -0.2) is 32.8 Å². The number of aryl methyl sites for hydroxylation is 1. The highest BCUT2D eigenvalue weighted by molar-refractivity contribution is 6.46. The van der Waals surface area contributed by atoms with Crippen LogP contribution in [0.25, 0.3) is 5.76 Å². The molecule has 0 saturated carbocycles. The lowest BCUT2D eigenvalue weighted by atomic mass is 9.93. The fourth-order valence-corrected chi connectivity index (χ4v) is 4.74. The molecular weight excluding hydrogens is 428 g/mol. The molecule has 34 heavy (non-hydrogen) atoms. The standard InChI is InChI=1S/C28H26N2O4/c1-3-18-4-6-20(7-5-18)25-24(26(31)21-8-9-23-22(15-21)14-17(2)34-23)27(32)28(33)30(25)16-19-10-12-29-13-11-19/h4-13,15,17,25,31H,3,14,16H2,1-2H3/b26-24+. The molecule has 0 bridgehead atoms. The lowest BCUT2D eigenvalue weighted by molar-refractivity contribution is -0.140. The van der Waals surface area contributed by atoms with Gasteiger partial charge in [-0.1, -0.05) is 31.2 Å². The predicted octanol–water partition coefficient (Wildman–Crippen LogP) is 4.59. The molecule has 0 aliphatic carbocycles. The Bertz CT molecular complexity index is 1280. The number of nitrogens with zero attached hydrogens (tertiary/aromatic N) is 2. The summed E-state index contributed by atoms with van der Waals surface area (Å²) in [7, 11) is 0.